The van der Waals surface area contributed by atoms with Crippen molar-refractivity contribution in [3.63, 3.8) is 0 Å². The summed E-state index contributed by atoms with van der Waals surface area (Å²) in [5, 5.41) is 20.5. The quantitative estimate of drug-likeness (QED) is 0.754. The minimum Gasteiger partial charge on any atom is -0.508 e. The van der Waals surface area contributed by atoms with Crippen LogP contribution in [0.1, 0.15) is 30.9 Å². The van der Waals surface area contributed by atoms with E-state index in [1.165, 1.54) is 18.2 Å². The predicted octanol–water partition coefficient (Wildman–Crippen LogP) is 5.17. The molecular weight excluding hydrogens is 324 g/mol. The molecule has 1 aliphatic rings. The number of phenols is 1. The molecule has 0 heterocycles. The van der Waals surface area contributed by atoms with Crippen LogP contribution >= 0.6 is 0 Å². The van der Waals surface area contributed by atoms with E-state index in [2.05, 4.69) is 19.1 Å². The lowest BCUT2D eigenvalue weighted by molar-refractivity contribution is -0.110. The van der Waals surface area contributed by atoms with Gasteiger partial charge in [-0.25, -0.2) is 0 Å². The molecule has 0 fully saturated rings. The van der Waals surface area contributed by atoms with Gasteiger partial charge in [0, 0.05) is 16.6 Å². The van der Waals surface area contributed by atoms with Crippen LogP contribution in [0.25, 0.3) is 5.76 Å². The molecule has 0 amide bonds. The molecule has 2 unspecified atom stereocenters. The lowest BCUT2D eigenvalue weighted by Crippen LogP contribution is -2.24. The highest BCUT2D eigenvalue weighted by molar-refractivity contribution is 6.00. The van der Waals surface area contributed by atoms with E-state index in [-0.39, 0.29) is 23.2 Å². The smallest absolute Gasteiger partial charge is 0.178 e. The van der Waals surface area contributed by atoms with Gasteiger partial charge in [0.15, 0.2) is 5.78 Å². The van der Waals surface area contributed by atoms with E-state index in [1.807, 2.05) is 31.2 Å². The molecule has 3 rings (SSSR count). The Bertz CT molecular complexity index is 889. The van der Waals surface area contributed by atoms with E-state index >= 15 is 0 Å². The number of benzene rings is 2. The highest BCUT2D eigenvalue weighted by atomic mass is 16.3. The average Bonchev–Trinajstić information content (AvgIpc) is 2.81. The molecule has 132 valence electrons. The third kappa shape index (κ3) is 3.33. The zero-order valence-electron chi connectivity index (χ0n) is 14.9. The van der Waals surface area contributed by atoms with Gasteiger partial charge in [0.05, 0.1) is 0 Å². The molecule has 2 aromatic carbocycles. The number of carbonyl (C=O) groups excluding carboxylic acids is 1. The van der Waals surface area contributed by atoms with Crippen molar-refractivity contribution in [2.24, 2.45) is 5.41 Å². The molecule has 26 heavy (non-hydrogen) atoms. The van der Waals surface area contributed by atoms with Gasteiger partial charge in [-0.15, -0.1) is 0 Å². The Morgan fingerprint density at radius 3 is 2.27 bits per heavy atom. The molecule has 0 spiro atoms. The van der Waals surface area contributed by atoms with Crippen LogP contribution in [0, 0.1) is 5.41 Å². The number of ketones is 1. The van der Waals surface area contributed by atoms with Crippen LogP contribution in [0.5, 0.6) is 5.75 Å². The molecule has 2 aromatic rings. The third-order valence-electron chi connectivity index (χ3n) is 5.18. The van der Waals surface area contributed by atoms with Crippen molar-refractivity contribution in [1.82, 2.24) is 0 Å². The van der Waals surface area contributed by atoms with E-state index in [0.717, 1.165) is 5.56 Å². The number of rotatable bonds is 3. The van der Waals surface area contributed by atoms with Gasteiger partial charge >= 0.3 is 0 Å². The Kier molecular flexibility index (Phi) is 4.81. The van der Waals surface area contributed by atoms with Crippen molar-refractivity contribution in [2.45, 2.75) is 19.8 Å². The van der Waals surface area contributed by atoms with E-state index in [1.54, 1.807) is 24.3 Å². The largest absolute Gasteiger partial charge is 0.508 e. The fourth-order valence-electron chi connectivity index (χ4n) is 3.32. The summed E-state index contributed by atoms with van der Waals surface area (Å²) in [7, 11) is 0. The fraction of sp³-hybridized carbons (Fsp3) is 0.174. The first-order chi connectivity index (χ1) is 12.4. The molecule has 0 bridgehead atoms. The summed E-state index contributed by atoms with van der Waals surface area (Å²) in [4.78, 5) is 12.0. The maximum absolute atomic E-state index is 12.0. The molecule has 3 heteroatoms. The summed E-state index contributed by atoms with van der Waals surface area (Å²) in [6.07, 6.45) is 6.61. The average molecular weight is 346 g/mol. The second kappa shape index (κ2) is 7.04. The van der Waals surface area contributed by atoms with Crippen molar-refractivity contribution in [3.05, 3.63) is 95.6 Å². The molecule has 2 atom stereocenters. The fourth-order valence-corrected chi connectivity index (χ4v) is 3.32. The number of hydrogen-bond donors (Lipinski definition) is 2. The van der Waals surface area contributed by atoms with Crippen molar-refractivity contribution in [2.75, 3.05) is 0 Å². The maximum Gasteiger partial charge on any atom is 0.178 e. The summed E-state index contributed by atoms with van der Waals surface area (Å²) in [5.74, 6) is 0.166. The number of aromatic hydroxyl groups is 1. The predicted molar refractivity (Wildman–Crippen MR) is 104 cm³/mol. The third-order valence-corrected chi connectivity index (χ3v) is 5.18. The Hall–Kier alpha value is -3.07. The molecule has 2 N–H and O–H groups in total. The molecule has 0 aliphatic heterocycles. The van der Waals surface area contributed by atoms with Crippen molar-refractivity contribution in [3.8, 4) is 5.75 Å². The summed E-state index contributed by atoms with van der Waals surface area (Å²) in [6.45, 7) is 4.11. The number of aliphatic hydroxyl groups excluding tert-OH is 1. The first kappa shape index (κ1) is 17.7. The van der Waals surface area contributed by atoms with E-state index in [4.69, 9.17) is 0 Å². The van der Waals surface area contributed by atoms with Crippen LogP contribution in [0.4, 0.5) is 0 Å². The topological polar surface area (TPSA) is 57.5 Å². The zero-order chi connectivity index (χ0) is 18.7. The lowest BCUT2D eigenvalue weighted by Gasteiger charge is -2.35. The second-order valence-corrected chi connectivity index (χ2v) is 6.79. The van der Waals surface area contributed by atoms with Crippen LogP contribution < -0.4 is 0 Å². The minimum atomic E-state index is -0.577. The van der Waals surface area contributed by atoms with Crippen molar-refractivity contribution < 1.29 is 15.0 Å². The molecule has 1 aliphatic carbocycles. The highest BCUT2D eigenvalue weighted by Crippen LogP contribution is 2.46. The molecule has 0 radical (unpaired) electrons. The minimum absolute atomic E-state index is 0.0322. The highest BCUT2D eigenvalue weighted by Gasteiger charge is 2.36. The Morgan fingerprint density at radius 2 is 1.62 bits per heavy atom. The number of hydrogen-bond acceptors (Lipinski definition) is 3. The Morgan fingerprint density at radius 1 is 0.962 bits per heavy atom. The number of carbonyl (C=O) groups is 1. The Labute approximate surface area is 153 Å². The molecule has 3 nitrogen and oxygen atoms in total. The van der Waals surface area contributed by atoms with Crippen LogP contribution in [0.3, 0.4) is 0 Å². The monoisotopic (exact) mass is 346 g/mol. The van der Waals surface area contributed by atoms with E-state index in [9.17, 15) is 15.0 Å². The van der Waals surface area contributed by atoms with Crippen LogP contribution in [-0.4, -0.2) is 16.0 Å². The van der Waals surface area contributed by atoms with Gasteiger partial charge in [0.2, 0.25) is 0 Å². The lowest BCUT2D eigenvalue weighted by atomic mass is 9.68. The van der Waals surface area contributed by atoms with E-state index in [0.29, 0.717) is 11.1 Å². The van der Waals surface area contributed by atoms with Gasteiger partial charge in [-0.2, -0.15) is 0 Å². The van der Waals surface area contributed by atoms with Crippen LogP contribution in [0.2, 0.25) is 0 Å². The molecule has 0 saturated carbocycles. The van der Waals surface area contributed by atoms with Gasteiger partial charge in [0.25, 0.3) is 0 Å². The summed E-state index contributed by atoms with van der Waals surface area (Å²) in [5.41, 5.74) is 1.81. The SMILES string of the molecule is CC(c1ccccc1)C1(C)C=CC(=O)C=CC1=C(O)c1ccc(O)cc1. The first-order valence-corrected chi connectivity index (χ1v) is 8.61. The van der Waals surface area contributed by atoms with Gasteiger partial charge < -0.3 is 10.2 Å². The first-order valence-electron chi connectivity index (χ1n) is 8.61. The molecule has 0 aromatic heterocycles. The summed E-state index contributed by atoms with van der Waals surface area (Å²) in [6, 6.07) is 16.4. The van der Waals surface area contributed by atoms with Gasteiger partial charge in [0.1, 0.15) is 11.5 Å². The zero-order valence-corrected chi connectivity index (χ0v) is 14.9. The Balaban J connectivity index is 2.17. The summed E-state index contributed by atoms with van der Waals surface area (Å²) < 4.78 is 0. The van der Waals surface area contributed by atoms with Crippen molar-refractivity contribution in [1.29, 1.82) is 0 Å². The normalized spacial score (nSPS) is 22.8. The number of aliphatic hydroxyl groups is 1. The molecular formula is C23H22O3. The molecule has 0 saturated heterocycles. The number of allylic oxidation sites excluding steroid dienone is 5. The van der Waals surface area contributed by atoms with Gasteiger partial charge in [-0.3, -0.25) is 4.79 Å². The maximum atomic E-state index is 12.0. The van der Waals surface area contributed by atoms with Crippen LogP contribution in [0.15, 0.2) is 84.5 Å². The second-order valence-electron chi connectivity index (χ2n) is 6.79. The number of phenolic OH excluding ortho intramolecular Hbond substituents is 1. The van der Waals surface area contributed by atoms with E-state index < -0.39 is 5.41 Å². The van der Waals surface area contributed by atoms with Gasteiger partial charge in [-0.1, -0.05) is 56.3 Å². The standard InChI is InChI=1S/C23H22O3/c1-16(17-6-4-3-5-7-17)23(2)15-14-20(25)12-13-21(23)22(26)18-8-10-19(24)11-9-18/h3-16,24,26H,1-2H3. The van der Waals surface area contributed by atoms with Gasteiger partial charge in [-0.05, 0) is 47.9 Å². The summed E-state index contributed by atoms with van der Waals surface area (Å²) >= 11 is 0. The van der Waals surface area contributed by atoms with Crippen molar-refractivity contribution >= 4 is 11.5 Å². The van der Waals surface area contributed by atoms with Crippen LogP contribution in [-0.2, 0) is 4.79 Å².